The Bertz CT molecular complexity index is 818. The smallest absolute Gasteiger partial charge is 0.344 e. The molecule has 0 bridgehead atoms. The molecule has 7 heteroatoms. The van der Waals surface area contributed by atoms with Crippen LogP contribution in [0, 0.1) is 10.1 Å². The number of aromatic nitrogens is 2. The molecule has 0 radical (unpaired) electrons. The number of hydrogen-bond acceptors (Lipinski definition) is 6. The van der Waals surface area contributed by atoms with Crippen molar-refractivity contribution in [3.05, 3.63) is 100 Å². The van der Waals surface area contributed by atoms with E-state index in [1.807, 2.05) is 54.6 Å². The van der Waals surface area contributed by atoms with Crippen LogP contribution >= 0.6 is 0 Å². The summed E-state index contributed by atoms with van der Waals surface area (Å²) in [5.41, 5.74) is 2.94. The quantitative estimate of drug-likeness (QED) is 0.329. The van der Waals surface area contributed by atoms with Gasteiger partial charge in [-0.15, -0.1) is 0 Å². The molecular weight excluding hydrogens is 344 g/mol. The predicted molar refractivity (Wildman–Crippen MR) is 100 cm³/mol. The van der Waals surface area contributed by atoms with Gasteiger partial charge in [0.05, 0.1) is 16.3 Å². The van der Waals surface area contributed by atoms with Gasteiger partial charge in [0.25, 0.3) is 0 Å². The van der Waals surface area contributed by atoms with E-state index in [-0.39, 0.29) is 0 Å². The molecule has 27 heavy (non-hydrogen) atoms. The largest absolute Gasteiger partial charge is 0.432 e. The van der Waals surface area contributed by atoms with Crippen molar-refractivity contribution in [2.75, 3.05) is 6.73 Å². The molecule has 0 fully saturated rings. The molecular formula is C20H20N4O3. The fourth-order valence-electron chi connectivity index (χ4n) is 2.73. The van der Waals surface area contributed by atoms with E-state index in [2.05, 4.69) is 14.9 Å². The highest BCUT2D eigenvalue weighted by Crippen LogP contribution is 2.17. The summed E-state index contributed by atoms with van der Waals surface area (Å²) in [6, 6.07) is 19.0. The minimum Gasteiger partial charge on any atom is -0.432 e. The Morgan fingerprint density at radius 3 is 2.11 bits per heavy atom. The molecule has 0 aliphatic rings. The second-order valence-corrected chi connectivity index (χ2v) is 6.04. The van der Waals surface area contributed by atoms with Crippen LogP contribution in [0.5, 0.6) is 5.75 Å². The Labute approximate surface area is 157 Å². The first-order valence-corrected chi connectivity index (χ1v) is 8.55. The van der Waals surface area contributed by atoms with Crippen LogP contribution in [0.3, 0.4) is 0 Å². The van der Waals surface area contributed by atoms with Gasteiger partial charge in [0.15, 0.2) is 0 Å². The third kappa shape index (κ3) is 6.16. The van der Waals surface area contributed by atoms with Crippen LogP contribution in [0.2, 0.25) is 0 Å². The number of ether oxygens (including phenoxy) is 1. The summed E-state index contributed by atoms with van der Waals surface area (Å²) in [7, 11) is 0. The minimum absolute atomic E-state index is 0.486. The second-order valence-electron chi connectivity index (χ2n) is 6.04. The fourth-order valence-corrected chi connectivity index (χ4v) is 2.73. The number of hydrogen-bond donors (Lipinski definition) is 0. The van der Waals surface area contributed by atoms with Crippen LogP contribution < -0.4 is 4.74 Å². The second kappa shape index (κ2) is 9.40. The molecule has 0 spiro atoms. The minimum atomic E-state index is -0.547. The van der Waals surface area contributed by atoms with Gasteiger partial charge in [-0.2, -0.15) is 0 Å². The van der Waals surface area contributed by atoms with Crippen molar-refractivity contribution in [2.45, 2.75) is 19.6 Å². The highest BCUT2D eigenvalue weighted by molar-refractivity contribution is 5.28. The van der Waals surface area contributed by atoms with E-state index < -0.39 is 11.7 Å². The standard InChI is InChI=1S/C20H20N4O3/c25-24(26)16-27-20-9-5-6-17(12-20)13-23(14-18-7-1-3-10-21-18)15-19-8-2-4-11-22-19/h1-12H,13-16H2. The number of pyridine rings is 2. The summed E-state index contributed by atoms with van der Waals surface area (Å²) >= 11 is 0. The Balaban J connectivity index is 1.74. The van der Waals surface area contributed by atoms with E-state index in [9.17, 15) is 10.1 Å². The topological polar surface area (TPSA) is 81.4 Å². The van der Waals surface area contributed by atoms with Crippen LogP contribution in [-0.2, 0) is 19.6 Å². The SMILES string of the molecule is O=[N+]([O-])COc1cccc(CN(Cc2ccccn2)Cc2ccccn2)c1. The maximum atomic E-state index is 10.5. The van der Waals surface area contributed by atoms with Gasteiger partial charge in [-0.3, -0.25) is 25.0 Å². The first kappa shape index (κ1) is 18.5. The van der Waals surface area contributed by atoms with Crippen molar-refractivity contribution in [3.63, 3.8) is 0 Å². The maximum absolute atomic E-state index is 10.5. The molecule has 0 N–H and O–H groups in total. The van der Waals surface area contributed by atoms with Crippen molar-refractivity contribution in [1.82, 2.24) is 14.9 Å². The zero-order valence-electron chi connectivity index (χ0n) is 14.8. The van der Waals surface area contributed by atoms with Gasteiger partial charge in [0, 0.05) is 32.0 Å². The molecule has 0 atom stereocenters. The molecule has 3 rings (SSSR count). The lowest BCUT2D eigenvalue weighted by molar-refractivity contribution is -0.514. The molecule has 1 aromatic carbocycles. The number of nitro groups is 1. The summed E-state index contributed by atoms with van der Waals surface area (Å²) in [6.07, 6.45) is 3.56. The fraction of sp³-hybridized carbons (Fsp3) is 0.200. The number of rotatable bonds is 9. The van der Waals surface area contributed by atoms with Gasteiger partial charge < -0.3 is 4.74 Å². The molecule has 0 unspecified atom stereocenters. The maximum Gasteiger partial charge on any atom is 0.344 e. The van der Waals surface area contributed by atoms with Crippen molar-refractivity contribution in [1.29, 1.82) is 0 Å². The zero-order chi connectivity index (χ0) is 18.9. The summed E-state index contributed by atoms with van der Waals surface area (Å²) in [4.78, 5) is 21.0. The lowest BCUT2D eigenvalue weighted by atomic mass is 10.2. The van der Waals surface area contributed by atoms with E-state index >= 15 is 0 Å². The summed E-state index contributed by atoms with van der Waals surface area (Å²) in [5, 5.41) is 10.5. The molecule has 0 aliphatic heterocycles. The Morgan fingerprint density at radius 2 is 1.56 bits per heavy atom. The molecule has 3 aromatic rings. The Kier molecular flexibility index (Phi) is 6.43. The van der Waals surface area contributed by atoms with Crippen molar-refractivity contribution >= 4 is 0 Å². The number of benzene rings is 1. The highest BCUT2D eigenvalue weighted by Gasteiger charge is 2.11. The van der Waals surface area contributed by atoms with Crippen molar-refractivity contribution in [2.24, 2.45) is 0 Å². The molecule has 0 aliphatic carbocycles. The van der Waals surface area contributed by atoms with Crippen LogP contribution in [0.25, 0.3) is 0 Å². The van der Waals surface area contributed by atoms with E-state index in [1.54, 1.807) is 18.5 Å². The first-order valence-electron chi connectivity index (χ1n) is 8.55. The van der Waals surface area contributed by atoms with E-state index in [0.717, 1.165) is 17.0 Å². The molecule has 0 saturated heterocycles. The van der Waals surface area contributed by atoms with Gasteiger partial charge in [0.2, 0.25) is 0 Å². The van der Waals surface area contributed by atoms with Crippen LogP contribution in [0.15, 0.2) is 73.1 Å². The van der Waals surface area contributed by atoms with Crippen molar-refractivity contribution in [3.8, 4) is 5.75 Å². The monoisotopic (exact) mass is 364 g/mol. The molecule has 2 aromatic heterocycles. The van der Waals surface area contributed by atoms with Gasteiger partial charge in [-0.1, -0.05) is 24.3 Å². The Hall–Kier alpha value is -3.32. The van der Waals surface area contributed by atoms with Crippen LogP contribution in [0.1, 0.15) is 17.0 Å². The molecule has 2 heterocycles. The summed E-state index contributed by atoms with van der Waals surface area (Å²) < 4.78 is 5.18. The Morgan fingerprint density at radius 1 is 0.889 bits per heavy atom. The van der Waals surface area contributed by atoms with E-state index in [1.165, 1.54) is 0 Å². The highest BCUT2D eigenvalue weighted by atomic mass is 16.7. The summed E-state index contributed by atoms with van der Waals surface area (Å²) in [5.74, 6) is 0.486. The van der Waals surface area contributed by atoms with Gasteiger partial charge in [0.1, 0.15) is 5.75 Å². The van der Waals surface area contributed by atoms with E-state index in [4.69, 9.17) is 4.74 Å². The van der Waals surface area contributed by atoms with Gasteiger partial charge >= 0.3 is 6.73 Å². The van der Waals surface area contributed by atoms with Gasteiger partial charge in [-0.25, -0.2) is 0 Å². The number of nitrogens with zero attached hydrogens (tertiary/aromatic N) is 4. The lowest BCUT2D eigenvalue weighted by Gasteiger charge is -2.22. The van der Waals surface area contributed by atoms with Gasteiger partial charge in [-0.05, 0) is 42.0 Å². The molecule has 0 saturated carbocycles. The van der Waals surface area contributed by atoms with Crippen molar-refractivity contribution < 1.29 is 9.66 Å². The third-order valence-electron chi connectivity index (χ3n) is 3.86. The lowest BCUT2D eigenvalue weighted by Crippen LogP contribution is -2.23. The average molecular weight is 364 g/mol. The first-order chi connectivity index (χ1) is 13.2. The summed E-state index contributed by atoms with van der Waals surface area (Å²) in [6.45, 7) is 1.42. The zero-order valence-corrected chi connectivity index (χ0v) is 14.8. The van der Waals surface area contributed by atoms with Crippen LogP contribution in [-0.4, -0.2) is 26.5 Å². The van der Waals surface area contributed by atoms with Crippen LogP contribution in [0.4, 0.5) is 0 Å². The molecule has 138 valence electrons. The normalized spacial score (nSPS) is 10.7. The predicted octanol–water partition coefficient (Wildman–Crippen LogP) is 3.29. The molecule has 0 amide bonds. The third-order valence-corrected chi connectivity index (χ3v) is 3.86. The molecule has 7 nitrogen and oxygen atoms in total. The van der Waals surface area contributed by atoms with E-state index in [0.29, 0.717) is 25.4 Å². The average Bonchev–Trinajstić information content (AvgIpc) is 2.68.